The number of pyridine rings is 1. The Kier molecular flexibility index (Phi) is 5.65. The zero-order chi connectivity index (χ0) is 20.3. The average molecular weight is 399 g/mol. The lowest BCUT2D eigenvalue weighted by molar-refractivity contribution is 0.101. The first kappa shape index (κ1) is 19.4. The third-order valence-corrected chi connectivity index (χ3v) is 4.85. The molecule has 0 aliphatic carbocycles. The number of nitrogens with zero attached hydrogens (tertiary/aromatic N) is 2. The molecule has 9 heteroatoms. The van der Waals surface area contributed by atoms with Gasteiger partial charge < -0.3 is 16.4 Å². The van der Waals surface area contributed by atoms with E-state index in [2.05, 4.69) is 20.6 Å². The summed E-state index contributed by atoms with van der Waals surface area (Å²) in [6.45, 7) is 3.62. The first-order valence-corrected chi connectivity index (χ1v) is 9.28. The normalized spacial score (nSPS) is 10.5. The van der Waals surface area contributed by atoms with Crippen molar-refractivity contribution < 1.29 is 14.0 Å². The molecule has 2 amide bonds. The minimum atomic E-state index is -0.694. The number of thiazole rings is 1. The third-order valence-electron chi connectivity index (χ3n) is 4.03. The Labute approximate surface area is 164 Å². The summed E-state index contributed by atoms with van der Waals surface area (Å²) in [5, 5.41) is 5.48. The zero-order valence-corrected chi connectivity index (χ0v) is 16.1. The van der Waals surface area contributed by atoms with E-state index < -0.39 is 17.6 Å². The number of amides is 2. The van der Waals surface area contributed by atoms with E-state index >= 15 is 0 Å². The fourth-order valence-corrected chi connectivity index (χ4v) is 3.03. The smallest absolute Gasteiger partial charge is 0.267 e. The van der Waals surface area contributed by atoms with Gasteiger partial charge in [0, 0.05) is 11.9 Å². The quantitative estimate of drug-likeness (QED) is 0.607. The lowest BCUT2D eigenvalue weighted by atomic mass is 10.1. The molecule has 0 radical (unpaired) electrons. The van der Waals surface area contributed by atoms with E-state index in [0.29, 0.717) is 21.9 Å². The van der Waals surface area contributed by atoms with Crippen molar-refractivity contribution >= 4 is 39.8 Å². The monoisotopic (exact) mass is 399 g/mol. The predicted molar refractivity (Wildman–Crippen MR) is 107 cm³/mol. The van der Waals surface area contributed by atoms with Crippen LogP contribution in [0.4, 0.5) is 21.0 Å². The molecule has 0 saturated heterocycles. The Morgan fingerprint density at radius 2 is 1.93 bits per heavy atom. The Balaban J connectivity index is 1.81. The molecular weight excluding hydrogens is 381 g/mol. The minimum Gasteiger partial charge on any atom is -0.375 e. The summed E-state index contributed by atoms with van der Waals surface area (Å²) in [6.07, 6.45) is 3.82. The molecule has 0 fully saturated rings. The van der Waals surface area contributed by atoms with Gasteiger partial charge in [-0.1, -0.05) is 24.3 Å². The van der Waals surface area contributed by atoms with Gasteiger partial charge in [0.25, 0.3) is 11.8 Å². The summed E-state index contributed by atoms with van der Waals surface area (Å²) in [6, 6.07) is 5.97. The molecule has 1 aromatic carbocycles. The molecule has 4 N–H and O–H groups in total. The van der Waals surface area contributed by atoms with Gasteiger partial charge in [0.1, 0.15) is 16.5 Å². The average Bonchev–Trinajstić information content (AvgIpc) is 3.11. The molecule has 2 heterocycles. The highest BCUT2D eigenvalue weighted by molar-refractivity contribution is 7.17. The molecule has 0 spiro atoms. The summed E-state index contributed by atoms with van der Waals surface area (Å²) in [7, 11) is 0. The summed E-state index contributed by atoms with van der Waals surface area (Å²) >= 11 is 1.03. The number of nitrogens with two attached hydrogens (primary N) is 1. The van der Waals surface area contributed by atoms with Crippen LogP contribution in [0.15, 0.2) is 36.7 Å². The van der Waals surface area contributed by atoms with E-state index in [0.717, 1.165) is 23.3 Å². The second-order valence-electron chi connectivity index (χ2n) is 6.02. The highest BCUT2D eigenvalue weighted by Crippen LogP contribution is 2.23. The predicted octanol–water partition coefficient (Wildman–Crippen LogP) is 3.63. The van der Waals surface area contributed by atoms with Crippen molar-refractivity contribution in [1.29, 1.82) is 0 Å². The number of carbonyl (C=O) groups is 2. The van der Waals surface area contributed by atoms with Gasteiger partial charge in [-0.3, -0.25) is 9.59 Å². The van der Waals surface area contributed by atoms with E-state index in [9.17, 15) is 14.0 Å². The van der Waals surface area contributed by atoms with Crippen LogP contribution < -0.4 is 16.4 Å². The largest absolute Gasteiger partial charge is 0.375 e. The van der Waals surface area contributed by atoms with Crippen molar-refractivity contribution in [3.8, 4) is 0 Å². The second kappa shape index (κ2) is 8.13. The highest BCUT2D eigenvalue weighted by atomic mass is 32.1. The first-order valence-electron chi connectivity index (χ1n) is 8.46. The van der Waals surface area contributed by atoms with Gasteiger partial charge in [0.05, 0.1) is 11.8 Å². The van der Waals surface area contributed by atoms with Crippen molar-refractivity contribution in [3.63, 3.8) is 0 Å². The van der Waals surface area contributed by atoms with Gasteiger partial charge in [-0.2, -0.15) is 0 Å². The maximum Gasteiger partial charge on any atom is 0.267 e. The number of nitrogen functional groups attached to an aromatic ring is 1. The van der Waals surface area contributed by atoms with Gasteiger partial charge in [-0.15, -0.1) is 0 Å². The van der Waals surface area contributed by atoms with Crippen molar-refractivity contribution in [3.05, 3.63) is 64.0 Å². The molecule has 2 aromatic heterocycles. The molecule has 0 bridgehead atoms. The Hall–Kier alpha value is -3.33. The molecule has 0 atom stereocenters. The number of carbonyl (C=O) groups excluding carboxylic acids is 2. The maximum atomic E-state index is 14.3. The fraction of sp³-hybridized carbons (Fsp3) is 0.158. The Bertz CT molecular complexity index is 1030. The summed E-state index contributed by atoms with van der Waals surface area (Å²) < 4.78 is 14.3. The van der Waals surface area contributed by atoms with Crippen LogP contribution in [0.3, 0.4) is 0 Å². The van der Waals surface area contributed by atoms with Crippen LogP contribution in [0, 0.1) is 12.7 Å². The molecule has 28 heavy (non-hydrogen) atoms. The van der Waals surface area contributed by atoms with Crippen LogP contribution in [-0.2, 0) is 6.42 Å². The third kappa shape index (κ3) is 4.32. The van der Waals surface area contributed by atoms with Crippen LogP contribution in [0.2, 0.25) is 0 Å². The van der Waals surface area contributed by atoms with Crippen LogP contribution >= 0.6 is 11.3 Å². The molecular formula is C19H18FN5O2S. The number of anilines is 3. The van der Waals surface area contributed by atoms with Crippen molar-refractivity contribution in [1.82, 2.24) is 9.97 Å². The lowest BCUT2D eigenvalue weighted by Gasteiger charge is -2.11. The van der Waals surface area contributed by atoms with Crippen LogP contribution in [0.25, 0.3) is 0 Å². The molecule has 144 valence electrons. The van der Waals surface area contributed by atoms with Gasteiger partial charge in [0.2, 0.25) is 0 Å². The van der Waals surface area contributed by atoms with Gasteiger partial charge in [0.15, 0.2) is 5.13 Å². The molecule has 7 nitrogen and oxygen atoms in total. The standard InChI is InChI=1S/C19H18FN5O2S/c1-3-11-4-5-16(22-8-11)25-17(26)12-7-14(10(2)6-13(12)20)24-18(27)15-9-23-19(21)28-15/h4-9H,3H2,1-2H3,(H2,21,23)(H,24,27)(H,22,25,26). The molecule has 3 aromatic rings. The van der Waals surface area contributed by atoms with Crippen molar-refractivity contribution in [2.45, 2.75) is 20.3 Å². The van der Waals surface area contributed by atoms with E-state index in [4.69, 9.17) is 5.73 Å². The van der Waals surface area contributed by atoms with Crippen LogP contribution in [0.1, 0.15) is 38.1 Å². The molecule has 0 aliphatic rings. The summed E-state index contributed by atoms with van der Waals surface area (Å²) in [5.41, 5.74) is 7.15. The number of nitrogens with one attached hydrogen (secondary N) is 2. The van der Waals surface area contributed by atoms with Crippen molar-refractivity contribution in [2.75, 3.05) is 16.4 Å². The number of halogens is 1. The maximum absolute atomic E-state index is 14.3. The van der Waals surface area contributed by atoms with E-state index in [1.807, 2.05) is 13.0 Å². The summed E-state index contributed by atoms with van der Waals surface area (Å²) in [4.78, 5) is 33.1. The van der Waals surface area contributed by atoms with Crippen molar-refractivity contribution in [2.24, 2.45) is 0 Å². The second-order valence-corrected chi connectivity index (χ2v) is 7.09. The highest BCUT2D eigenvalue weighted by Gasteiger charge is 2.18. The summed E-state index contributed by atoms with van der Waals surface area (Å²) in [5.74, 6) is -1.48. The zero-order valence-electron chi connectivity index (χ0n) is 15.2. The number of aryl methyl sites for hydroxylation is 2. The van der Waals surface area contributed by atoms with E-state index in [1.54, 1.807) is 19.2 Å². The first-order chi connectivity index (χ1) is 13.4. The molecule has 0 unspecified atom stereocenters. The van der Waals surface area contributed by atoms with Gasteiger partial charge in [-0.05, 0) is 42.7 Å². The number of rotatable bonds is 5. The number of hydrogen-bond donors (Lipinski definition) is 3. The molecule has 3 rings (SSSR count). The van der Waals surface area contributed by atoms with Crippen LogP contribution in [-0.4, -0.2) is 21.8 Å². The Morgan fingerprint density at radius 1 is 1.14 bits per heavy atom. The fourth-order valence-electron chi connectivity index (χ4n) is 2.45. The number of aromatic nitrogens is 2. The minimum absolute atomic E-state index is 0.203. The molecule has 0 saturated carbocycles. The lowest BCUT2D eigenvalue weighted by Crippen LogP contribution is -2.17. The number of hydrogen-bond acceptors (Lipinski definition) is 6. The number of benzene rings is 1. The SMILES string of the molecule is CCc1ccc(NC(=O)c2cc(NC(=O)c3cnc(N)s3)c(C)cc2F)nc1. The van der Waals surface area contributed by atoms with Gasteiger partial charge >= 0.3 is 0 Å². The Morgan fingerprint density at radius 3 is 2.54 bits per heavy atom. The molecule has 0 aliphatic heterocycles. The van der Waals surface area contributed by atoms with Gasteiger partial charge in [-0.25, -0.2) is 14.4 Å². The van der Waals surface area contributed by atoms with E-state index in [-0.39, 0.29) is 10.7 Å². The van der Waals surface area contributed by atoms with E-state index in [1.165, 1.54) is 18.3 Å². The topological polar surface area (TPSA) is 110 Å². The van der Waals surface area contributed by atoms with Crippen LogP contribution in [0.5, 0.6) is 0 Å².